The molecule has 0 aromatic rings. The quantitative estimate of drug-likeness (QED) is 0.541. The second kappa shape index (κ2) is 2.98. The van der Waals surface area contributed by atoms with E-state index in [1.165, 1.54) is 6.08 Å². The van der Waals surface area contributed by atoms with Crippen molar-refractivity contribution in [1.82, 2.24) is 0 Å². The van der Waals surface area contributed by atoms with Crippen LogP contribution in [0, 0.1) is 0 Å². The van der Waals surface area contributed by atoms with Crippen LogP contribution in [0.25, 0.3) is 0 Å². The van der Waals surface area contributed by atoms with Gasteiger partial charge in [-0.1, -0.05) is 12.2 Å². The molecule has 0 saturated heterocycles. The van der Waals surface area contributed by atoms with Crippen LogP contribution in [0.4, 0.5) is 13.2 Å². The van der Waals surface area contributed by atoms with Gasteiger partial charge in [0.05, 0.1) is 0 Å². The zero-order valence-corrected chi connectivity index (χ0v) is 5.69. The van der Waals surface area contributed by atoms with Gasteiger partial charge < -0.3 is 4.74 Å². The topological polar surface area (TPSA) is 9.23 Å². The van der Waals surface area contributed by atoms with Crippen molar-refractivity contribution < 1.29 is 17.9 Å². The summed E-state index contributed by atoms with van der Waals surface area (Å²) in [6.07, 6.45) is 1.08. The molecular weight excluding hydrogens is 157 g/mol. The van der Waals surface area contributed by atoms with Crippen molar-refractivity contribution in [3.05, 3.63) is 24.0 Å². The molecule has 0 unspecified atom stereocenters. The van der Waals surface area contributed by atoms with Gasteiger partial charge in [-0.3, -0.25) is 0 Å². The van der Waals surface area contributed by atoms with Crippen LogP contribution < -0.4 is 0 Å². The van der Waals surface area contributed by atoms with Gasteiger partial charge in [0, 0.05) is 6.42 Å². The summed E-state index contributed by atoms with van der Waals surface area (Å²) in [4.78, 5) is 0. The molecule has 1 aliphatic carbocycles. The van der Waals surface area contributed by atoms with Gasteiger partial charge in [0.25, 0.3) is 0 Å². The summed E-state index contributed by atoms with van der Waals surface area (Å²) in [5, 5.41) is 0. The van der Waals surface area contributed by atoms with Gasteiger partial charge in [0.15, 0.2) is 0 Å². The minimum atomic E-state index is -4.54. The Morgan fingerprint density at radius 1 is 1.27 bits per heavy atom. The van der Waals surface area contributed by atoms with E-state index in [9.17, 15) is 13.2 Å². The molecule has 11 heavy (non-hydrogen) atoms. The van der Waals surface area contributed by atoms with E-state index in [1.54, 1.807) is 12.2 Å². The van der Waals surface area contributed by atoms with Crippen molar-refractivity contribution in [2.45, 2.75) is 19.2 Å². The Balaban J connectivity index is 2.44. The van der Waals surface area contributed by atoms with E-state index in [0.29, 0.717) is 6.42 Å². The van der Waals surface area contributed by atoms with Crippen molar-refractivity contribution in [3.63, 3.8) is 0 Å². The number of rotatable bonds is 1. The smallest absolute Gasteiger partial charge is 0.410 e. The second-order valence-corrected chi connectivity index (χ2v) is 2.13. The van der Waals surface area contributed by atoms with Gasteiger partial charge in [-0.25, -0.2) is 0 Å². The van der Waals surface area contributed by atoms with E-state index in [0.717, 1.165) is 0 Å². The molecule has 1 nitrogen and oxygen atoms in total. The summed E-state index contributed by atoms with van der Waals surface area (Å²) in [5.74, 6) is -0.0139. The van der Waals surface area contributed by atoms with Crippen molar-refractivity contribution in [3.8, 4) is 0 Å². The zero-order valence-electron chi connectivity index (χ0n) is 5.69. The third kappa shape index (κ3) is 3.11. The molecule has 0 N–H and O–H groups in total. The lowest BCUT2D eigenvalue weighted by atomic mass is 10.2. The standard InChI is InChI=1S/C7H7F3O/c8-7(9,10)11-6-4-2-1-3-5-6/h1-2,5H,3-4H2. The minimum absolute atomic E-state index is 0.0139. The third-order valence-electron chi connectivity index (χ3n) is 1.21. The maximum Gasteiger partial charge on any atom is 0.572 e. The lowest BCUT2D eigenvalue weighted by Gasteiger charge is -2.12. The van der Waals surface area contributed by atoms with Crippen LogP contribution >= 0.6 is 0 Å². The van der Waals surface area contributed by atoms with Crippen molar-refractivity contribution >= 4 is 0 Å². The number of alkyl halides is 3. The Labute approximate surface area is 62.2 Å². The molecule has 0 fully saturated rings. The van der Waals surface area contributed by atoms with Crippen molar-refractivity contribution in [2.24, 2.45) is 0 Å². The molecule has 62 valence electrons. The van der Waals surface area contributed by atoms with E-state index in [-0.39, 0.29) is 12.2 Å². The summed E-state index contributed by atoms with van der Waals surface area (Å²) in [6, 6.07) is 0. The first-order valence-corrected chi connectivity index (χ1v) is 3.18. The SMILES string of the molecule is FC(F)(F)OC1=CCC=CC1. The summed E-state index contributed by atoms with van der Waals surface area (Å²) < 4.78 is 38.3. The van der Waals surface area contributed by atoms with E-state index >= 15 is 0 Å². The summed E-state index contributed by atoms with van der Waals surface area (Å²) >= 11 is 0. The maximum absolute atomic E-state index is 11.6. The van der Waals surface area contributed by atoms with Gasteiger partial charge >= 0.3 is 6.36 Å². The van der Waals surface area contributed by atoms with Crippen LogP contribution in [-0.2, 0) is 4.74 Å². The second-order valence-electron chi connectivity index (χ2n) is 2.13. The normalized spacial score (nSPS) is 17.9. The van der Waals surface area contributed by atoms with E-state index in [4.69, 9.17) is 0 Å². The number of hydrogen-bond acceptors (Lipinski definition) is 1. The highest BCUT2D eigenvalue weighted by atomic mass is 19.4. The first-order valence-electron chi connectivity index (χ1n) is 3.18. The predicted octanol–water partition coefficient (Wildman–Crippen LogP) is 2.76. The number of hydrogen-bond donors (Lipinski definition) is 0. The Kier molecular flexibility index (Phi) is 2.22. The molecule has 0 bridgehead atoms. The molecule has 0 aromatic heterocycles. The molecule has 0 radical (unpaired) electrons. The Morgan fingerprint density at radius 2 is 2.00 bits per heavy atom. The number of halogens is 3. The highest BCUT2D eigenvalue weighted by molar-refractivity contribution is 5.09. The van der Waals surface area contributed by atoms with E-state index in [2.05, 4.69) is 4.74 Å². The Hall–Kier alpha value is -0.930. The van der Waals surface area contributed by atoms with Crippen molar-refractivity contribution in [2.75, 3.05) is 0 Å². The highest BCUT2D eigenvalue weighted by Crippen LogP contribution is 2.24. The molecule has 0 atom stereocenters. The number of ether oxygens (including phenoxy) is 1. The maximum atomic E-state index is 11.6. The van der Waals surface area contributed by atoms with Crippen LogP contribution in [-0.4, -0.2) is 6.36 Å². The Morgan fingerprint density at radius 3 is 2.45 bits per heavy atom. The molecule has 0 saturated carbocycles. The fourth-order valence-electron chi connectivity index (χ4n) is 0.811. The van der Waals surface area contributed by atoms with Crippen LogP contribution in [0.2, 0.25) is 0 Å². The minimum Gasteiger partial charge on any atom is -0.410 e. The van der Waals surface area contributed by atoms with Crippen LogP contribution in [0.15, 0.2) is 24.0 Å². The van der Waals surface area contributed by atoms with Gasteiger partial charge in [0.1, 0.15) is 5.76 Å². The molecule has 1 aliphatic rings. The molecule has 4 heteroatoms. The van der Waals surface area contributed by atoms with Gasteiger partial charge in [-0.05, 0) is 12.5 Å². The third-order valence-corrected chi connectivity index (χ3v) is 1.21. The lowest BCUT2D eigenvalue weighted by Crippen LogP contribution is -2.13. The van der Waals surface area contributed by atoms with Crippen LogP contribution in [0.5, 0.6) is 0 Å². The average molecular weight is 164 g/mol. The van der Waals surface area contributed by atoms with E-state index in [1.807, 2.05) is 0 Å². The summed E-state index contributed by atoms with van der Waals surface area (Å²) in [5.41, 5.74) is 0. The fourth-order valence-corrected chi connectivity index (χ4v) is 0.811. The molecule has 0 aliphatic heterocycles. The average Bonchev–Trinajstić information content (AvgIpc) is 1.85. The molecule has 0 heterocycles. The van der Waals surface area contributed by atoms with Gasteiger partial charge in [-0.2, -0.15) is 0 Å². The monoisotopic (exact) mass is 164 g/mol. The molecule has 0 amide bonds. The lowest BCUT2D eigenvalue weighted by molar-refractivity contribution is -0.306. The molecular formula is C7H7F3O. The van der Waals surface area contributed by atoms with Gasteiger partial charge in [0.2, 0.25) is 0 Å². The van der Waals surface area contributed by atoms with Crippen LogP contribution in [0.3, 0.4) is 0 Å². The van der Waals surface area contributed by atoms with E-state index < -0.39 is 6.36 Å². The first kappa shape index (κ1) is 8.17. The first-order chi connectivity index (χ1) is 5.08. The fraction of sp³-hybridized carbons (Fsp3) is 0.429. The summed E-state index contributed by atoms with van der Waals surface area (Å²) in [6.45, 7) is 0. The number of allylic oxidation sites excluding steroid dienone is 3. The molecule has 1 rings (SSSR count). The molecule has 0 aromatic carbocycles. The zero-order chi connectivity index (χ0) is 8.32. The predicted molar refractivity (Wildman–Crippen MR) is 33.6 cm³/mol. The largest absolute Gasteiger partial charge is 0.572 e. The van der Waals surface area contributed by atoms with Crippen molar-refractivity contribution in [1.29, 1.82) is 0 Å². The highest BCUT2D eigenvalue weighted by Gasteiger charge is 2.31. The van der Waals surface area contributed by atoms with Crippen LogP contribution in [0.1, 0.15) is 12.8 Å². The Bertz CT molecular complexity index is 190. The van der Waals surface area contributed by atoms with Gasteiger partial charge in [-0.15, -0.1) is 13.2 Å². The summed E-state index contributed by atoms with van der Waals surface area (Å²) in [7, 11) is 0. The molecule has 0 spiro atoms.